The van der Waals surface area contributed by atoms with Crippen LogP contribution in [0.5, 0.6) is 0 Å². The fraction of sp³-hybridized carbons (Fsp3) is 0. The molecule has 0 aromatic heterocycles. The summed E-state index contributed by atoms with van der Waals surface area (Å²) in [5.74, 6) is 0. The molecule has 0 aromatic carbocycles. The second kappa shape index (κ2) is 25.2. The van der Waals surface area contributed by atoms with Crippen LogP contribution in [0.15, 0.2) is 0 Å². The summed E-state index contributed by atoms with van der Waals surface area (Å²) in [5, 5.41) is 14.5. The van der Waals surface area contributed by atoms with Crippen LogP contribution in [0.25, 0.3) is 0 Å². The van der Waals surface area contributed by atoms with Gasteiger partial charge in [0.15, 0.2) is 12.1 Å². The molecule has 0 heterocycles. The third-order valence-corrected chi connectivity index (χ3v) is 0.0500. The molecule has 0 fully saturated rings. The molecule has 3 nitrogen and oxygen atoms in total. The zero-order valence-corrected chi connectivity index (χ0v) is 3.98. The van der Waals surface area contributed by atoms with Gasteiger partial charge in [-0.05, 0) is 0 Å². The van der Waals surface area contributed by atoms with Gasteiger partial charge >= 0.3 is 0 Å². The summed E-state index contributed by atoms with van der Waals surface area (Å²) in [7, 11) is 0. The molecule has 0 amide bonds. The molecule has 0 saturated heterocycles. The quantitative estimate of drug-likeness (QED) is 0.505. The SMILES string of the molecule is N.N#CC#N.[Co]. The minimum Gasteiger partial charge on any atom is -0.344 e. The maximum absolute atomic E-state index is 7.26. The smallest absolute Gasteiger partial charge is 0.181 e. The van der Waals surface area contributed by atoms with Gasteiger partial charge in [0.2, 0.25) is 0 Å². The van der Waals surface area contributed by atoms with Crippen LogP contribution >= 0.6 is 0 Å². The van der Waals surface area contributed by atoms with E-state index in [-0.39, 0.29) is 22.9 Å². The standard InChI is InChI=1S/C2N2.Co.H3N/c3-1-2-4;;/h;;1H3. The third kappa shape index (κ3) is 103. The van der Waals surface area contributed by atoms with Crippen molar-refractivity contribution < 1.29 is 16.8 Å². The maximum atomic E-state index is 7.26. The van der Waals surface area contributed by atoms with Crippen LogP contribution in [0.4, 0.5) is 0 Å². The average molecular weight is 128 g/mol. The van der Waals surface area contributed by atoms with Crippen LogP contribution in [0.2, 0.25) is 0 Å². The van der Waals surface area contributed by atoms with Crippen LogP contribution < -0.4 is 6.15 Å². The molecular formula is C2H3CoN3. The topological polar surface area (TPSA) is 82.6 Å². The van der Waals surface area contributed by atoms with Gasteiger partial charge in [-0.25, -0.2) is 0 Å². The van der Waals surface area contributed by atoms with Gasteiger partial charge in [0.05, 0.1) is 0 Å². The molecule has 0 bridgehead atoms. The van der Waals surface area contributed by atoms with Gasteiger partial charge in [-0.1, -0.05) is 0 Å². The Kier molecular flexibility index (Phi) is 75.7. The first kappa shape index (κ1) is 18.0. The van der Waals surface area contributed by atoms with E-state index in [1.807, 2.05) is 0 Å². The first-order valence-corrected chi connectivity index (χ1v) is 0.697. The Hall–Kier alpha value is -0.554. The molecule has 0 aliphatic heterocycles. The summed E-state index contributed by atoms with van der Waals surface area (Å²) in [5.41, 5.74) is 0. The second-order valence-corrected chi connectivity index (χ2v) is 0.224. The maximum Gasteiger partial charge on any atom is 0.181 e. The van der Waals surface area contributed by atoms with Gasteiger partial charge < -0.3 is 6.15 Å². The van der Waals surface area contributed by atoms with Gasteiger partial charge in [-0.3, -0.25) is 0 Å². The van der Waals surface area contributed by atoms with Gasteiger partial charge in [0.1, 0.15) is 0 Å². The molecule has 0 aliphatic rings. The third-order valence-electron chi connectivity index (χ3n) is 0.0500. The predicted molar refractivity (Wildman–Crippen MR) is 16.2 cm³/mol. The largest absolute Gasteiger partial charge is 0.344 e. The molecule has 0 spiro atoms. The fourth-order valence-electron chi connectivity index (χ4n) is 0. The Balaban J connectivity index is -0.0000000450. The van der Waals surface area contributed by atoms with E-state index in [2.05, 4.69) is 0 Å². The van der Waals surface area contributed by atoms with Gasteiger partial charge in [-0.15, -0.1) is 0 Å². The fourth-order valence-corrected chi connectivity index (χ4v) is 0. The van der Waals surface area contributed by atoms with Crippen molar-refractivity contribution in [2.24, 2.45) is 0 Å². The molecule has 0 atom stereocenters. The molecule has 3 N–H and O–H groups in total. The minimum atomic E-state index is 0. The van der Waals surface area contributed by atoms with Crippen LogP contribution in [-0.4, -0.2) is 0 Å². The monoisotopic (exact) mass is 128 g/mol. The number of hydrogen-bond acceptors (Lipinski definition) is 3. The zero-order valence-electron chi connectivity index (χ0n) is 2.93. The minimum absolute atomic E-state index is 0. The molecule has 0 saturated carbocycles. The van der Waals surface area contributed by atoms with Gasteiger partial charge in [0.25, 0.3) is 0 Å². The zero-order chi connectivity index (χ0) is 3.41. The molecule has 0 aliphatic carbocycles. The molecule has 0 rings (SSSR count). The molecule has 4 heteroatoms. The number of rotatable bonds is 0. The van der Waals surface area contributed by atoms with Crippen molar-refractivity contribution in [3.05, 3.63) is 0 Å². The summed E-state index contributed by atoms with van der Waals surface area (Å²) >= 11 is 0. The van der Waals surface area contributed by atoms with Crippen molar-refractivity contribution in [2.45, 2.75) is 0 Å². The van der Waals surface area contributed by atoms with Crippen molar-refractivity contribution >= 4 is 0 Å². The van der Waals surface area contributed by atoms with E-state index in [9.17, 15) is 0 Å². The van der Waals surface area contributed by atoms with Crippen LogP contribution in [0, 0.1) is 22.7 Å². The van der Waals surface area contributed by atoms with Crippen molar-refractivity contribution in [3.63, 3.8) is 0 Å². The molecule has 0 aromatic rings. The molecule has 35 valence electrons. The van der Waals surface area contributed by atoms with Gasteiger partial charge in [-0.2, -0.15) is 10.5 Å². The molecule has 0 unspecified atom stereocenters. The summed E-state index contributed by atoms with van der Waals surface area (Å²) < 4.78 is 0. The predicted octanol–water partition coefficient (Wildman–Crippen LogP) is 0.193. The van der Waals surface area contributed by atoms with Crippen LogP contribution in [-0.2, 0) is 16.8 Å². The summed E-state index contributed by atoms with van der Waals surface area (Å²) in [6, 6.07) is 2.47. The van der Waals surface area contributed by atoms with Crippen molar-refractivity contribution in [1.29, 1.82) is 10.5 Å². The molecule has 1 radical (unpaired) electrons. The Morgan fingerprint density at radius 3 is 1.17 bits per heavy atom. The first-order valence-electron chi connectivity index (χ1n) is 0.697. The average Bonchev–Trinajstić information content (AvgIpc) is 1.37. The van der Waals surface area contributed by atoms with Crippen LogP contribution in [0.1, 0.15) is 0 Å². The summed E-state index contributed by atoms with van der Waals surface area (Å²) in [4.78, 5) is 0. The van der Waals surface area contributed by atoms with Crippen molar-refractivity contribution in [2.75, 3.05) is 0 Å². The van der Waals surface area contributed by atoms with Gasteiger partial charge in [0, 0.05) is 16.8 Å². The summed E-state index contributed by atoms with van der Waals surface area (Å²) in [6.45, 7) is 0. The molecule has 6 heavy (non-hydrogen) atoms. The summed E-state index contributed by atoms with van der Waals surface area (Å²) in [6.07, 6.45) is 0. The van der Waals surface area contributed by atoms with E-state index in [0.717, 1.165) is 0 Å². The van der Waals surface area contributed by atoms with E-state index in [0.29, 0.717) is 0 Å². The number of nitrogens with zero attached hydrogens (tertiary/aromatic N) is 2. The first-order chi connectivity index (χ1) is 1.91. The van der Waals surface area contributed by atoms with E-state index in [4.69, 9.17) is 10.5 Å². The van der Waals surface area contributed by atoms with E-state index >= 15 is 0 Å². The normalized spacial score (nSPS) is 1.67. The number of hydrogen-bond donors (Lipinski definition) is 1. The Morgan fingerprint density at radius 1 is 1.00 bits per heavy atom. The Labute approximate surface area is 46.3 Å². The number of nitriles is 2. The second-order valence-electron chi connectivity index (χ2n) is 0.224. The van der Waals surface area contributed by atoms with Crippen molar-refractivity contribution in [1.82, 2.24) is 6.15 Å². The Morgan fingerprint density at radius 2 is 1.17 bits per heavy atom. The van der Waals surface area contributed by atoms with Crippen molar-refractivity contribution in [3.8, 4) is 12.1 Å². The molecular weight excluding hydrogens is 125 g/mol. The van der Waals surface area contributed by atoms with E-state index < -0.39 is 0 Å². The van der Waals surface area contributed by atoms with Crippen LogP contribution in [0.3, 0.4) is 0 Å². The Bertz CT molecular complexity index is 63.8. The van der Waals surface area contributed by atoms with E-state index in [1.165, 1.54) is 12.1 Å². The van der Waals surface area contributed by atoms with E-state index in [1.54, 1.807) is 0 Å².